The number of ether oxygens (including phenoxy) is 2. The van der Waals surface area contributed by atoms with Gasteiger partial charge in [0.05, 0.1) is 40.0 Å². The van der Waals surface area contributed by atoms with Crippen molar-refractivity contribution in [1.29, 1.82) is 0 Å². The van der Waals surface area contributed by atoms with Crippen molar-refractivity contribution >= 4 is 19.8 Å². The molecule has 0 aliphatic rings. The van der Waals surface area contributed by atoms with Crippen LogP contribution in [0.5, 0.6) is 0 Å². The smallest absolute Gasteiger partial charge is 0.306 e. The Labute approximate surface area is 364 Å². The SMILES string of the molecule is CCCCC/C=C\C/C=C\C/C=C\CCCCCCC(=O)OC[C@H](COP(=O)([O-])OCC[N+](C)(C)C)OC(=O)CCC[C@@H](O)\C=C/C=C/C=C/[C@@H](O)C/C=C\CCCCC. The van der Waals surface area contributed by atoms with Gasteiger partial charge in [-0.15, -0.1) is 0 Å². The number of allylic oxidation sites excluding steroid dienone is 11. The van der Waals surface area contributed by atoms with E-state index in [4.69, 9.17) is 18.5 Å². The molecule has 0 fully saturated rings. The predicted octanol–water partition coefficient (Wildman–Crippen LogP) is 10.1. The molecule has 0 aliphatic heterocycles. The second-order valence-corrected chi connectivity index (χ2v) is 17.5. The Morgan fingerprint density at radius 1 is 0.633 bits per heavy atom. The van der Waals surface area contributed by atoms with E-state index < -0.39 is 44.7 Å². The lowest BCUT2D eigenvalue weighted by atomic mass is 10.1. The molecule has 0 spiro atoms. The summed E-state index contributed by atoms with van der Waals surface area (Å²) in [6, 6.07) is 0. The Morgan fingerprint density at radius 2 is 1.17 bits per heavy atom. The van der Waals surface area contributed by atoms with E-state index in [1.54, 1.807) is 36.5 Å². The number of unbranched alkanes of at least 4 members (excludes halogenated alkanes) is 10. The molecule has 11 nitrogen and oxygen atoms in total. The summed E-state index contributed by atoms with van der Waals surface area (Å²) in [5.41, 5.74) is 0. The molecular formula is C48H82NO10P. The van der Waals surface area contributed by atoms with Gasteiger partial charge in [0.1, 0.15) is 19.8 Å². The van der Waals surface area contributed by atoms with Crippen molar-refractivity contribution in [3.63, 3.8) is 0 Å². The number of phosphoric acid groups is 1. The summed E-state index contributed by atoms with van der Waals surface area (Å²) in [5, 5.41) is 20.4. The minimum Gasteiger partial charge on any atom is -0.756 e. The largest absolute Gasteiger partial charge is 0.756 e. The second-order valence-electron chi connectivity index (χ2n) is 16.1. The van der Waals surface area contributed by atoms with Gasteiger partial charge in [-0.1, -0.05) is 137 Å². The van der Waals surface area contributed by atoms with Crippen molar-refractivity contribution in [3.8, 4) is 0 Å². The number of aliphatic hydroxyl groups excluding tert-OH is 2. The first-order chi connectivity index (χ1) is 28.8. The monoisotopic (exact) mass is 864 g/mol. The van der Waals surface area contributed by atoms with E-state index in [0.717, 1.165) is 57.8 Å². The minimum absolute atomic E-state index is 0.0450. The molecule has 2 N–H and O–H groups in total. The molecule has 0 saturated heterocycles. The average molecular weight is 864 g/mol. The molecule has 1 unspecified atom stereocenters. The lowest BCUT2D eigenvalue weighted by Gasteiger charge is -2.28. The van der Waals surface area contributed by atoms with Gasteiger partial charge < -0.3 is 38.1 Å². The third-order valence-electron chi connectivity index (χ3n) is 9.08. The average Bonchev–Trinajstić information content (AvgIpc) is 3.19. The van der Waals surface area contributed by atoms with E-state index in [1.165, 1.54) is 32.1 Å². The van der Waals surface area contributed by atoms with Gasteiger partial charge in [-0.2, -0.15) is 0 Å². The summed E-state index contributed by atoms with van der Waals surface area (Å²) in [6.45, 7) is 3.80. The Balaban J connectivity index is 4.67. The first-order valence-corrected chi connectivity index (χ1v) is 24.0. The molecule has 0 radical (unpaired) electrons. The van der Waals surface area contributed by atoms with Gasteiger partial charge in [-0.25, -0.2) is 0 Å². The molecule has 0 bridgehead atoms. The molecule has 0 aromatic carbocycles. The van der Waals surface area contributed by atoms with Crippen LogP contribution in [0.25, 0.3) is 0 Å². The zero-order chi connectivity index (χ0) is 44.6. The summed E-state index contributed by atoms with van der Waals surface area (Å²) in [7, 11) is 0.981. The van der Waals surface area contributed by atoms with Crippen molar-refractivity contribution in [2.75, 3.05) is 47.5 Å². The normalized spacial score (nSPS) is 15.4. The lowest BCUT2D eigenvalue weighted by molar-refractivity contribution is -0.870. The highest BCUT2D eigenvalue weighted by atomic mass is 31.2. The summed E-state index contributed by atoms with van der Waals surface area (Å²) in [5.74, 6) is -1.11. The summed E-state index contributed by atoms with van der Waals surface area (Å²) in [4.78, 5) is 37.6. The van der Waals surface area contributed by atoms with Gasteiger partial charge >= 0.3 is 11.9 Å². The van der Waals surface area contributed by atoms with Crippen molar-refractivity contribution in [2.45, 2.75) is 161 Å². The van der Waals surface area contributed by atoms with E-state index in [0.29, 0.717) is 30.3 Å². The zero-order valence-corrected chi connectivity index (χ0v) is 38.7. The zero-order valence-electron chi connectivity index (χ0n) is 37.8. The number of carbonyl (C=O) groups is 2. The van der Waals surface area contributed by atoms with Gasteiger partial charge in [0.15, 0.2) is 6.10 Å². The lowest BCUT2D eigenvalue weighted by Crippen LogP contribution is -2.37. The van der Waals surface area contributed by atoms with Gasteiger partial charge in [0, 0.05) is 12.8 Å². The molecule has 60 heavy (non-hydrogen) atoms. The number of hydrogen-bond donors (Lipinski definition) is 2. The second kappa shape index (κ2) is 39.0. The number of rotatable bonds is 39. The van der Waals surface area contributed by atoms with E-state index >= 15 is 0 Å². The predicted molar refractivity (Wildman–Crippen MR) is 243 cm³/mol. The van der Waals surface area contributed by atoms with Crippen molar-refractivity contribution in [2.24, 2.45) is 0 Å². The first-order valence-electron chi connectivity index (χ1n) is 22.5. The number of hydrogen-bond acceptors (Lipinski definition) is 10. The number of esters is 2. The summed E-state index contributed by atoms with van der Waals surface area (Å²) in [6.07, 6.45) is 42.4. The fourth-order valence-electron chi connectivity index (χ4n) is 5.44. The molecule has 0 aromatic rings. The highest BCUT2D eigenvalue weighted by Crippen LogP contribution is 2.38. The minimum atomic E-state index is -4.71. The maximum Gasteiger partial charge on any atom is 0.306 e. The van der Waals surface area contributed by atoms with Gasteiger partial charge in [-0.05, 0) is 77.0 Å². The van der Waals surface area contributed by atoms with Crippen LogP contribution < -0.4 is 4.89 Å². The fourth-order valence-corrected chi connectivity index (χ4v) is 6.17. The number of aliphatic hydroxyl groups is 2. The standard InChI is InChI=1S/C48H82NO10P/c1-6-8-10-12-14-15-16-17-18-19-20-21-22-23-24-26-32-38-47(52)56-42-46(43-58-60(54,55)57-41-40-49(3,4)5)59-48(53)39-33-37-45(51)36-31-28-27-30-35-44(50)34-29-25-13-11-9-7-2/h14-15,17-18,20-21,25,27-31,35-36,44-46,50-51H,6-13,16,19,22-24,26,32-34,37-43H2,1-5H3/b15-14-,18-17-,21-20-,28-27+,29-25-,35-30+,36-31-/t44-,45-,46+/m0/s1. The van der Waals surface area contributed by atoms with Crippen LogP contribution in [0.1, 0.15) is 142 Å². The van der Waals surface area contributed by atoms with Crippen LogP contribution in [0.3, 0.4) is 0 Å². The molecule has 0 aliphatic carbocycles. The van der Waals surface area contributed by atoms with Crippen molar-refractivity contribution in [3.05, 3.63) is 85.1 Å². The number of quaternary nitrogens is 1. The summed E-state index contributed by atoms with van der Waals surface area (Å²) < 4.78 is 33.7. The molecule has 344 valence electrons. The highest BCUT2D eigenvalue weighted by Gasteiger charge is 2.22. The molecule has 0 saturated carbocycles. The quantitative estimate of drug-likeness (QED) is 0.0153. The molecular weight excluding hydrogens is 781 g/mol. The first kappa shape index (κ1) is 57.1. The molecule has 0 heterocycles. The van der Waals surface area contributed by atoms with Gasteiger partial charge in [0.2, 0.25) is 0 Å². The molecule has 0 aromatic heterocycles. The number of likely N-dealkylation sites (N-methyl/N-ethyl adjacent to an activating group) is 1. The fraction of sp³-hybridized carbons (Fsp3) is 0.667. The van der Waals surface area contributed by atoms with E-state index in [-0.39, 0.29) is 32.5 Å². The molecule has 12 heteroatoms. The van der Waals surface area contributed by atoms with Crippen LogP contribution in [0.15, 0.2) is 85.1 Å². The van der Waals surface area contributed by atoms with E-state index in [2.05, 4.69) is 56.4 Å². The van der Waals surface area contributed by atoms with Crippen LogP contribution in [0.2, 0.25) is 0 Å². The van der Waals surface area contributed by atoms with E-state index in [1.807, 2.05) is 27.2 Å². The Morgan fingerprint density at radius 3 is 1.77 bits per heavy atom. The Kier molecular flexibility index (Phi) is 37.1. The van der Waals surface area contributed by atoms with Crippen LogP contribution in [0, 0.1) is 0 Å². The topological polar surface area (TPSA) is 152 Å². The number of carbonyl (C=O) groups excluding carboxylic acids is 2. The number of phosphoric ester groups is 1. The Bertz CT molecular complexity index is 1330. The maximum absolute atomic E-state index is 12.7. The van der Waals surface area contributed by atoms with Crippen molar-refractivity contribution in [1.82, 2.24) is 0 Å². The van der Waals surface area contributed by atoms with Crippen LogP contribution in [-0.2, 0) is 32.7 Å². The van der Waals surface area contributed by atoms with Crippen molar-refractivity contribution < 1.29 is 52.3 Å². The number of nitrogens with zero attached hydrogens (tertiary/aromatic N) is 1. The van der Waals surface area contributed by atoms with Gasteiger partial charge in [0.25, 0.3) is 7.82 Å². The molecule has 4 atom stereocenters. The van der Waals surface area contributed by atoms with E-state index in [9.17, 15) is 29.3 Å². The van der Waals surface area contributed by atoms with Crippen LogP contribution in [0.4, 0.5) is 0 Å². The molecule has 0 rings (SSSR count). The maximum atomic E-state index is 12.7. The molecule has 0 amide bonds. The van der Waals surface area contributed by atoms with Gasteiger partial charge in [-0.3, -0.25) is 14.2 Å². The highest BCUT2D eigenvalue weighted by molar-refractivity contribution is 7.45. The van der Waals surface area contributed by atoms with Crippen LogP contribution in [-0.4, -0.2) is 92.5 Å². The summed E-state index contributed by atoms with van der Waals surface area (Å²) >= 11 is 0. The third kappa shape index (κ3) is 41.8. The Hall–Kier alpha value is -2.89. The third-order valence-corrected chi connectivity index (χ3v) is 10.0. The van der Waals surface area contributed by atoms with Crippen LogP contribution >= 0.6 is 7.82 Å².